The summed E-state index contributed by atoms with van der Waals surface area (Å²) >= 11 is 0. The molecule has 4 aromatic heterocycles. The number of quaternary nitrogens is 2. The van der Waals surface area contributed by atoms with Gasteiger partial charge in [-0.15, -0.1) is 0 Å². The number of hydrogen-bond donors (Lipinski definition) is 10. The second-order valence-corrected chi connectivity index (χ2v) is 21.2. The van der Waals surface area contributed by atoms with Gasteiger partial charge < -0.3 is 74.9 Å². The van der Waals surface area contributed by atoms with Gasteiger partial charge in [0.2, 0.25) is 23.5 Å². The van der Waals surface area contributed by atoms with E-state index in [1.807, 2.05) is 0 Å². The van der Waals surface area contributed by atoms with Crippen LogP contribution in [0.4, 0.5) is 11.9 Å². The average Bonchev–Trinajstić information content (AvgIpc) is 4.05. The third kappa shape index (κ3) is 14.8. The highest BCUT2D eigenvalue weighted by atomic mass is 31.3. The van der Waals surface area contributed by atoms with Crippen molar-refractivity contribution < 1.29 is 90.3 Å². The first kappa shape index (κ1) is 60.2. The van der Waals surface area contributed by atoms with Crippen molar-refractivity contribution in [2.45, 2.75) is 90.6 Å². The Balaban J connectivity index is 0.000000636. The quantitative estimate of drug-likeness (QED) is 0.0260. The molecule has 6 heterocycles. The SMILES string of the molecule is CC[NH+](CC)CC.CC[NH+](CC)CC.Cn1c(/C=C\c2ccccc2)[n+]([C@@H]2O[C@H](COP(=O)([O-])OP(=O)([O-])OP(=O)([O-])OC[C@H]3O[C@@H](n4cnc5c(=O)[nH]c(N)nc54)[C@H](O)[C@@H]3O)[C@@H](O)[C@H]2O)c2nc(N)[nH]c(=O)c21. The second-order valence-electron chi connectivity index (χ2n) is 16.7. The van der Waals surface area contributed by atoms with Gasteiger partial charge in [0.25, 0.3) is 40.5 Å². The van der Waals surface area contributed by atoms with Crippen molar-refractivity contribution in [2.24, 2.45) is 7.05 Å². The van der Waals surface area contributed by atoms with Crippen molar-refractivity contribution in [3.63, 3.8) is 0 Å². The number of H-pyrrole nitrogens is 2. The van der Waals surface area contributed by atoms with E-state index in [0.717, 1.165) is 16.5 Å². The Morgan fingerprint density at radius 3 is 1.76 bits per heavy atom. The molecule has 0 saturated carbocycles. The van der Waals surface area contributed by atoms with Gasteiger partial charge in [-0.25, -0.2) is 13.6 Å². The molecule has 412 valence electrons. The number of aliphatic hydroxyl groups is 4. The van der Waals surface area contributed by atoms with E-state index in [4.69, 9.17) is 20.9 Å². The van der Waals surface area contributed by atoms with Gasteiger partial charge in [0.1, 0.15) is 36.6 Å². The van der Waals surface area contributed by atoms with Crippen LogP contribution >= 0.6 is 23.5 Å². The minimum atomic E-state index is -6.42. The number of aromatic amines is 2. The molecule has 5 aromatic rings. The van der Waals surface area contributed by atoms with Gasteiger partial charge in [-0.2, -0.15) is 9.55 Å². The number of ether oxygens (including phenoxy) is 2. The fraction of sp³-hybridized carbons (Fsp3) is 0.561. The summed E-state index contributed by atoms with van der Waals surface area (Å²) in [5.74, 6) is -0.470. The summed E-state index contributed by atoms with van der Waals surface area (Å²) in [6, 6.07) is 8.87. The van der Waals surface area contributed by atoms with Crippen LogP contribution in [0, 0.1) is 0 Å². The summed E-state index contributed by atoms with van der Waals surface area (Å²) in [6.45, 7) is 18.5. The molecule has 2 aliphatic rings. The van der Waals surface area contributed by atoms with Crippen molar-refractivity contribution in [2.75, 3.05) is 63.9 Å². The number of phosphoric ester groups is 2. The van der Waals surface area contributed by atoms with E-state index in [2.05, 4.69) is 84.1 Å². The van der Waals surface area contributed by atoms with E-state index in [1.54, 1.807) is 46.2 Å². The molecule has 30 nitrogen and oxygen atoms in total. The molecule has 0 amide bonds. The Hall–Kier alpha value is -4.65. The van der Waals surface area contributed by atoms with Crippen LogP contribution in [0.5, 0.6) is 0 Å². The largest absolute Gasteiger partial charge is 0.756 e. The molecule has 2 aliphatic heterocycles. The first-order valence-electron chi connectivity index (χ1n) is 23.4. The maximum Gasteiger partial charge on any atom is 0.314 e. The second kappa shape index (κ2) is 25.9. The lowest BCUT2D eigenvalue weighted by molar-refractivity contribution is -0.894. The van der Waals surface area contributed by atoms with Gasteiger partial charge >= 0.3 is 5.65 Å². The maximum absolute atomic E-state index is 12.9. The summed E-state index contributed by atoms with van der Waals surface area (Å²) in [5.41, 5.74) is 10.1. The van der Waals surface area contributed by atoms with Gasteiger partial charge in [-0.05, 0) is 53.2 Å². The molecule has 11 atom stereocenters. The van der Waals surface area contributed by atoms with Gasteiger partial charge in [0, 0.05) is 6.08 Å². The van der Waals surface area contributed by atoms with E-state index in [0.29, 0.717) is 0 Å². The van der Waals surface area contributed by atoms with Gasteiger partial charge in [-0.1, -0.05) is 35.3 Å². The molecule has 1 aromatic carbocycles. The van der Waals surface area contributed by atoms with E-state index < -0.39 is 96.9 Å². The van der Waals surface area contributed by atoms with Gasteiger partial charge in [0.15, 0.2) is 17.4 Å². The first-order chi connectivity index (χ1) is 34.8. The Kier molecular flexibility index (Phi) is 21.1. The Labute approximate surface area is 423 Å². The fourth-order valence-electron chi connectivity index (χ4n) is 7.95. The van der Waals surface area contributed by atoms with Crippen LogP contribution in [-0.2, 0) is 47.9 Å². The highest BCUT2D eigenvalue weighted by Gasteiger charge is 2.49. The molecule has 12 N–H and O–H groups in total. The number of aliphatic hydroxyl groups excluding tert-OH is 4. The van der Waals surface area contributed by atoms with Crippen LogP contribution in [0.25, 0.3) is 34.5 Å². The number of nitrogens with two attached hydrogens (primary N) is 2. The molecule has 0 radical (unpaired) electrons. The third-order valence-electron chi connectivity index (χ3n) is 12.1. The van der Waals surface area contributed by atoms with Crippen LogP contribution < -0.4 is 51.6 Å². The number of hydrogen-bond acceptors (Lipinski definition) is 23. The summed E-state index contributed by atoms with van der Waals surface area (Å²) in [5, 5.41) is 42.9. The smallest absolute Gasteiger partial charge is 0.314 e. The third-order valence-corrected chi connectivity index (χ3v) is 16.3. The van der Waals surface area contributed by atoms with Crippen molar-refractivity contribution in [3.05, 3.63) is 68.8 Å². The Bertz CT molecular complexity index is 2930. The molecule has 0 aliphatic carbocycles. The molecular formula is C41H65N12O18P3. The predicted octanol–water partition coefficient (Wildman–Crippen LogP) is -4.41. The van der Waals surface area contributed by atoms with Crippen LogP contribution in [0.1, 0.15) is 65.4 Å². The van der Waals surface area contributed by atoms with Crippen molar-refractivity contribution >= 4 is 69.8 Å². The minimum absolute atomic E-state index is 0.0375. The zero-order chi connectivity index (χ0) is 54.9. The fourth-order valence-corrected chi connectivity index (χ4v) is 11.3. The van der Waals surface area contributed by atoms with Crippen LogP contribution in [0.15, 0.2) is 46.2 Å². The summed E-state index contributed by atoms with van der Waals surface area (Å²) in [7, 11) is -17.1. The number of fused-ring (bicyclic) bond motifs is 2. The lowest BCUT2D eigenvalue weighted by Crippen LogP contribution is -3.11. The molecule has 0 spiro atoms. The van der Waals surface area contributed by atoms with E-state index in [9.17, 15) is 58.4 Å². The maximum atomic E-state index is 12.9. The first-order valence-corrected chi connectivity index (χ1v) is 27.8. The topological polar surface area (TPSA) is 436 Å². The van der Waals surface area contributed by atoms with Crippen LogP contribution in [-0.4, -0.2) is 144 Å². The van der Waals surface area contributed by atoms with Crippen molar-refractivity contribution in [3.8, 4) is 0 Å². The van der Waals surface area contributed by atoms with Gasteiger partial charge in [0.05, 0.1) is 65.9 Å². The minimum Gasteiger partial charge on any atom is -0.756 e. The molecule has 33 heteroatoms. The monoisotopic (exact) mass is 1110 g/mol. The lowest BCUT2D eigenvalue weighted by Gasteiger charge is -2.34. The predicted molar refractivity (Wildman–Crippen MR) is 258 cm³/mol. The number of aromatic nitrogens is 8. The molecule has 7 rings (SSSR count). The molecular weight excluding hydrogens is 1040 g/mol. The number of nitrogens with one attached hydrogen (secondary N) is 4. The van der Waals surface area contributed by atoms with E-state index in [-0.39, 0.29) is 40.0 Å². The summed E-state index contributed by atoms with van der Waals surface area (Å²) in [6.07, 6.45) is -9.88. The standard InChI is InChI=1S/C29H35N10O18P3.2C6H15N/c1-37-15(8-7-12-5-3-2-4-6-12)39(23-17(37)25(45)36-29(31)34-23)27-21(43)19(41)14(55-27)10-53-59(48,49)57-60(50,51)56-58(46,47)52-9-13-18(40)20(42)26(54-13)38-11-32-16-22(38)33-28(30)35-24(16)44;2*1-4-7(5-2)6-3/h2-8,11,13-14,18-21,26-27,40-43H,9-10H2,1H3,(H8-,30,31,33,34,35,36,44,45,46,47,48,49,50,51);2*4-6H2,1-3H3/b8-7-;;/t13-,14-,18-,19-,20-,21-,26-,27-;;/m1../s1. The van der Waals surface area contributed by atoms with Crippen molar-refractivity contribution in [1.82, 2.24) is 34.1 Å². The molecule has 74 heavy (non-hydrogen) atoms. The summed E-state index contributed by atoms with van der Waals surface area (Å²) in [4.78, 5) is 82.2. The summed E-state index contributed by atoms with van der Waals surface area (Å²) < 4.78 is 68.9. The number of imidazole rings is 2. The normalized spacial score (nSPS) is 24.4. The number of aryl methyl sites for hydroxylation is 1. The number of phosphoric acid groups is 3. The molecule has 3 unspecified atom stereocenters. The zero-order valence-corrected chi connectivity index (χ0v) is 44.3. The zero-order valence-electron chi connectivity index (χ0n) is 41.6. The number of benzene rings is 1. The molecule has 2 saturated heterocycles. The highest BCUT2D eigenvalue weighted by Crippen LogP contribution is 2.63. The Morgan fingerprint density at radius 2 is 1.23 bits per heavy atom. The van der Waals surface area contributed by atoms with Gasteiger partial charge in [-0.3, -0.25) is 42.4 Å². The van der Waals surface area contributed by atoms with E-state index in [1.165, 1.54) is 61.5 Å². The number of nitrogens with zero attached hydrogens (tertiary/aromatic N) is 6. The van der Waals surface area contributed by atoms with Crippen LogP contribution in [0.2, 0.25) is 0 Å². The number of nitrogen functional groups attached to an aromatic ring is 2. The van der Waals surface area contributed by atoms with Crippen molar-refractivity contribution in [1.29, 1.82) is 0 Å². The van der Waals surface area contributed by atoms with E-state index >= 15 is 0 Å². The van der Waals surface area contributed by atoms with Crippen LogP contribution in [0.3, 0.4) is 0 Å². The average molecular weight is 1110 g/mol. The molecule has 2 fully saturated rings. The number of rotatable bonds is 20. The highest BCUT2D eigenvalue weighted by molar-refractivity contribution is 7.65. The number of anilines is 2. The Morgan fingerprint density at radius 1 is 0.730 bits per heavy atom. The lowest BCUT2D eigenvalue weighted by atomic mass is 10.1. The molecule has 0 bridgehead atoms.